The van der Waals surface area contributed by atoms with Crippen molar-refractivity contribution in [2.75, 3.05) is 0 Å². The van der Waals surface area contributed by atoms with Crippen LogP contribution in [0.5, 0.6) is 0 Å². The zero-order valence-corrected chi connectivity index (χ0v) is 8.08. The SMILES string of the molecule is Cc1ccc2nn(C)c(F)c2c1BO. The molecule has 0 amide bonds. The Morgan fingerprint density at radius 1 is 1.50 bits per heavy atom. The third-order valence-electron chi connectivity index (χ3n) is 2.43. The molecular weight excluding hydrogens is 182 g/mol. The van der Waals surface area contributed by atoms with Gasteiger partial charge in [-0.25, -0.2) is 4.68 Å². The van der Waals surface area contributed by atoms with Gasteiger partial charge in [0, 0.05) is 7.05 Å². The zero-order valence-electron chi connectivity index (χ0n) is 8.08. The van der Waals surface area contributed by atoms with E-state index in [1.807, 2.05) is 13.0 Å². The van der Waals surface area contributed by atoms with Crippen molar-refractivity contribution in [3.63, 3.8) is 0 Å². The molecule has 3 nitrogen and oxygen atoms in total. The van der Waals surface area contributed by atoms with Crippen molar-refractivity contribution in [1.82, 2.24) is 9.78 Å². The van der Waals surface area contributed by atoms with Gasteiger partial charge in [-0.2, -0.15) is 9.49 Å². The molecular formula is C9H10BFN2O. The maximum atomic E-state index is 13.6. The molecule has 2 aromatic rings. The summed E-state index contributed by atoms with van der Waals surface area (Å²) in [4.78, 5) is 0. The molecule has 5 heteroatoms. The van der Waals surface area contributed by atoms with E-state index >= 15 is 0 Å². The molecule has 1 aromatic carbocycles. The Morgan fingerprint density at radius 2 is 2.21 bits per heavy atom. The second-order valence-electron chi connectivity index (χ2n) is 3.33. The highest BCUT2D eigenvalue weighted by atomic mass is 19.1. The predicted octanol–water partition coefficient (Wildman–Crippen LogP) is -0.0101. The van der Waals surface area contributed by atoms with E-state index < -0.39 is 5.95 Å². The quantitative estimate of drug-likeness (QED) is 0.645. The molecule has 0 atom stereocenters. The van der Waals surface area contributed by atoms with Crippen LogP contribution < -0.4 is 5.46 Å². The van der Waals surface area contributed by atoms with Crippen LogP contribution in [-0.2, 0) is 7.05 Å². The lowest BCUT2D eigenvalue weighted by Gasteiger charge is -2.01. The van der Waals surface area contributed by atoms with Crippen LogP contribution >= 0.6 is 0 Å². The van der Waals surface area contributed by atoms with Gasteiger partial charge < -0.3 is 5.02 Å². The summed E-state index contributed by atoms with van der Waals surface area (Å²) in [7, 11) is 1.39. The third kappa shape index (κ3) is 1.13. The molecule has 0 bridgehead atoms. The van der Waals surface area contributed by atoms with Crippen LogP contribution in [0.2, 0.25) is 0 Å². The van der Waals surface area contributed by atoms with Gasteiger partial charge >= 0.3 is 7.48 Å². The second-order valence-corrected chi connectivity index (χ2v) is 3.33. The molecule has 0 saturated heterocycles. The van der Waals surface area contributed by atoms with Crippen molar-refractivity contribution in [3.8, 4) is 0 Å². The lowest BCUT2D eigenvalue weighted by molar-refractivity contribution is 0.512. The number of benzene rings is 1. The first-order valence-electron chi connectivity index (χ1n) is 4.36. The van der Waals surface area contributed by atoms with Gasteiger partial charge in [-0.1, -0.05) is 11.6 Å². The lowest BCUT2D eigenvalue weighted by atomic mass is 9.82. The van der Waals surface area contributed by atoms with Gasteiger partial charge in [-0.15, -0.1) is 0 Å². The standard InChI is InChI=1S/C9H10BFN2O/c1-5-3-4-6-7(8(5)10-14)9(11)13(2)12-6/h3-4,10,14H,1-2H3. The fraction of sp³-hybridized carbons (Fsp3) is 0.222. The number of rotatable bonds is 1. The van der Waals surface area contributed by atoms with E-state index in [-0.39, 0.29) is 7.48 Å². The molecule has 1 N–H and O–H groups in total. The van der Waals surface area contributed by atoms with Gasteiger partial charge in [0.15, 0.2) is 0 Å². The molecule has 2 rings (SSSR count). The molecule has 0 fully saturated rings. The van der Waals surface area contributed by atoms with E-state index in [1.54, 1.807) is 13.1 Å². The molecule has 0 aliphatic carbocycles. The first-order valence-corrected chi connectivity index (χ1v) is 4.36. The van der Waals surface area contributed by atoms with E-state index in [2.05, 4.69) is 5.10 Å². The van der Waals surface area contributed by atoms with Gasteiger partial charge in [0.25, 0.3) is 0 Å². The number of nitrogens with zero attached hydrogens (tertiary/aromatic N) is 2. The Labute approximate surface area is 81.4 Å². The molecule has 1 heterocycles. The topological polar surface area (TPSA) is 38.0 Å². The van der Waals surface area contributed by atoms with Gasteiger partial charge in [0.05, 0.1) is 10.9 Å². The maximum absolute atomic E-state index is 13.6. The first-order chi connectivity index (χ1) is 6.65. The zero-order chi connectivity index (χ0) is 10.3. The third-order valence-corrected chi connectivity index (χ3v) is 2.43. The Morgan fingerprint density at radius 3 is 2.86 bits per heavy atom. The maximum Gasteiger partial charge on any atom is 0.305 e. The van der Waals surface area contributed by atoms with Crippen molar-refractivity contribution >= 4 is 23.8 Å². The van der Waals surface area contributed by atoms with Crippen LogP contribution in [0.25, 0.3) is 10.9 Å². The summed E-state index contributed by atoms with van der Waals surface area (Å²) in [5, 5.41) is 13.6. The van der Waals surface area contributed by atoms with E-state index in [1.165, 1.54) is 4.68 Å². The van der Waals surface area contributed by atoms with Crippen molar-refractivity contribution in [2.24, 2.45) is 7.05 Å². The van der Waals surface area contributed by atoms with E-state index in [0.29, 0.717) is 16.4 Å². The minimum absolute atomic E-state index is 0.161. The summed E-state index contributed by atoms with van der Waals surface area (Å²) in [5.41, 5.74) is 2.08. The van der Waals surface area contributed by atoms with Crippen LogP contribution in [0.1, 0.15) is 5.56 Å². The fourth-order valence-electron chi connectivity index (χ4n) is 1.62. The number of halogens is 1. The van der Waals surface area contributed by atoms with Crippen molar-refractivity contribution in [2.45, 2.75) is 6.92 Å². The predicted molar refractivity (Wildman–Crippen MR) is 54.4 cm³/mol. The smallest absolute Gasteiger partial charge is 0.305 e. The largest absolute Gasteiger partial charge is 0.449 e. The highest BCUT2D eigenvalue weighted by molar-refractivity contribution is 6.50. The molecule has 0 radical (unpaired) electrons. The molecule has 0 aliphatic rings. The van der Waals surface area contributed by atoms with Gasteiger partial charge in [0.1, 0.15) is 0 Å². The Bertz CT molecular complexity index is 495. The van der Waals surface area contributed by atoms with Crippen molar-refractivity contribution < 1.29 is 9.41 Å². The highest BCUT2D eigenvalue weighted by Gasteiger charge is 2.14. The van der Waals surface area contributed by atoms with Crippen LogP contribution in [0.3, 0.4) is 0 Å². The molecule has 0 saturated carbocycles. The molecule has 0 aliphatic heterocycles. The summed E-state index contributed by atoms with van der Waals surface area (Å²) in [6.07, 6.45) is 0. The average Bonchev–Trinajstić information content (AvgIpc) is 2.45. The lowest BCUT2D eigenvalue weighted by Crippen LogP contribution is -2.18. The normalized spacial score (nSPS) is 10.9. The summed E-state index contributed by atoms with van der Waals surface area (Å²) in [5.74, 6) is -0.396. The summed E-state index contributed by atoms with van der Waals surface area (Å²) < 4.78 is 14.8. The average molecular weight is 192 g/mol. The molecule has 1 aromatic heterocycles. The molecule has 0 unspecified atom stereocenters. The number of fused-ring (bicyclic) bond motifs is 1. The summed E-state index contributed by atoms with van der Waals surface area (Å²) in [6, 6.07) is 3.59. The molecule has 14 heavy (non-hydrogen) atoms. The molecule has 72 valence electrons. The van der Waals surface area contributed by atoms with Gasteiger partial charge in [-0.3, -0.25) is 0 Å². The second kappa shape index (κ2) is 3.10. The Hall–Kier alpha value is -1.36. The monoisotopic (exact) mass is 192 g/mol. The Balaban J connectivity index is 2.91. The van der Waals surface area contributed by atoms with Crippen LogP contribution in [-0.4, -0.2) is 22.3 Å². The van der Waals surface area contributed by atoms with Gasteiger partial charge in [0.2, 0.25) is 5.95 Å². The van der Waals surface area contributed by atoms with E-state index in [4.69, 9.17) is 5.02 Å². The minimum atomic E-state index is -0.396. The number of hydrogen-bond acceptors (Lipinski definition) is 2. The Kier molecular flexibility index (Phi) is 2.04. The summed E-state index contributed by atoms with van der Waals surface area (Å²) >= 11 is 0. The minimum Gasteiger partial charge on any atom is -0.449 e. The number of hydrogen-bond donors (Lipinski definition) is 1. The van der Waals surface area contributed by atoms with Gasteiger partial charge in [-0.05, 0) is 18.5 Å². The van der Waals surface area contributed by atoms with Crippen LogP contribution in [0, 0.1) is 12.9 Å². The first kappa shape index (κ1) is 9.21. The van der Waals surface area contributed by atoms with Crippen molar-refractivity contribution in [1.29, 1.82) is 0 Å². The summed E-state index contributed by atoms with van der Waals surface area (Å²) in [6.45, 7) is 1.84. The number of aryl methyl sites for hydroxylation is 2. The van der Waals surface area contributed by atoms with Crippen LogP contribution in [0.15, 0.2) is 12.1 Å². The highest BCUT2D eigenvalue weighted by Crippen LogP contribution is 2.15. The molecule has 0 spiro atoms. The van der Waals surface area contributed by atoms with Crippen molar-refractivity contribution in [3.05, 3.63) is 23.6 Å². The van der Waals surface area contributed by atoms with Crippen LogP contribution in [0.4, 0.5) is 4.39 Å². The van der Waals surface area contributed by atoms with E-state index in [9.17, 15) is 4.39 Å². The fourth-order valence-corrected chi connectivity index (χ4v) is 1.62. The van der Waals surface area contributed by atoms with E-state index in [0.717, 1.165) is 5.56 Å². The number of aromatic nitrogens is 2.